The zero-order valence-electron chi connectivity index (χ0n) is 16.7. The Morgan fingerprint density at radius 1 is 1.21 bits per heavy atom. The van der Waals surface area contributed by atoms with E-state index in [4.69, 9.17) is 9.47 Å². The van der Waals surface area contributed by atoms with Gasteiger partial charge in [-0.3, -0.25) is 0 Å². The highest BCUT2D eigenvalue weighted by atomic mass is 16.5. The van der Waals surface area contributed by atoms with Gasteiger partial charge in [0.25, 0.3) is 0 Å². The van der Waals surface area contributed by atoms with E-state index in [1.807, 2.05) is 44.2 Å². The second-order valence-electron chi connectivity index (χ2n) is 7.21. The maximum atomic E-state index is 10.9. The van der Waals surface area contributed by atoms with Gasteiger partial charge in [0, 0.05) is 44.5 Å². The van der Waals surface area contributed by atoms with E-state index in [2.05, 4.69) is 20.2 Å². The fourth-order valence-corrected chi connectivity index (χ4v) is 3.32. The molecule has 1 aliphatic rings. The summed E-state index contributed by atoms with van der Waals surface area (Å²) < 4.78 is 10.9. The first-order valence-electron chi connectivity index (χ1n) is 9.84. The highest BCUT2D eigenvalue weighted by Gasteiger charge is 2.36. The quantitative estimate of drug-likeness (QED) is 0.604. The minimum atomic E-state index is -0.749. The molecule has 7 heteroatoms. The van der Waals surface area contributed by atoms with Gasteiger partial charge in [0.1, 0.15) is 24.5 Å². The van der Waals surface area contributed by atoms with Crippen molar-refractivity contribution in [3.63, 3.8) is 0 Å². The van der Waals surface area contributed by atoms with Crippen molar-refractivity contribution >= 4 is 5.82 Å². The Kier molecular flexibility index (Phi) is 7.19. The molecule has 0 saturated carbocycles. The Balaban J connectivity index is 1.42. The number of anilines is 1. The van der Waals surface area contributed by atoms with E-state index >= 15 is 0 Å². The van der Waals surface area contributed by atoms with Crippen LogP contribution in [-0.2, 0) is 11.3 Å². The van der Waals surface area contributed by atoms with Gasteiger partial charge in [0.2, 0.25) is 0 Å². The molecule has 152 valence electrons. The lowest BCUT2D eigenvalue weighted by molar-refractivity contribution is 0.0626. The smallest absolute Gasteiger partial charge is 0.132 e. The Labute approximate surface area is 166 Å². The van der Waals surface area contributed by atoms with Gasteiger partial charge in [-0.05, 0) is 38.0 Å². The lowest BCUT2D eigenvalue weighted by Gasteiger charge is -2.24. The van der Waals surface area contributed by atoms with E-state index in [1.54, 1.807) is 6.33 Å². The molecule has 0 amide bonds. The van der Waals surface area contributed by atoms with Crippen LogP contribution in [0, 0.1) is 6.92 Å². The molecule has 2 heterocycles. The summed E-state index contributed by atoms with van der Waals surface area (Å²) in [6.45, 7) is 8.39. The first-order valence-corrected chi connectivity index (χ1v) is 9.84. The van der Waals surface area contributed by atoms with Crippen LogP contribution < -0.4 is 15.0 Å². The van der Waals surface area contributed by atoms with Crippen LogP contribution in [0.25, 0.3) is 0 Å². The fraction of sp³-hybridized carbons (Fsp3) is 0.524. The zero-order valence-corrected chi connectivity index (χ0v) is 16.7. The number of hydrogen-bond donors (Lipinski definition) is 2. The van der Waals surface area contributed by atoms with Gasteiger partial charge in [-0.2, -0.15) is 0 Å². The topological polar surface area (TPSA) is 79.7 Å². The molecule has 1 aliphatic heterocycles. The molecule has 0 bridgehead atoms. The molecule has 3 rings (SSSR count). The Morgan fingerprint density at radius 3 is 2.79 bits per heavy atom. The van der Waals surface area contributed by atoms with Crippen LogP contribution in [0.3, 0.4) is 0 Å². The lowest BCUT2D eigenvalue weighted by atomic mass is 10.0. The SMILES string of the molecule is CCOCCOc1ccc(CNC[C@@]2(O)CCN(c3cc(C)ncn3)C2)cc1. The van der Waals surface area contributed by atoms with Crippen molar-refractivity contribution in [2.24, 2.45) is 0 Å². The summed E-state index contributed by atoms with van der Waals surface area (Å²) in [5, 5.41) is 14.3. The molecule has 0 radical (unpaired) electrons. The van der Waals surface area contributed by atoms with Gasteiger partial charge < -0.3 is 24.8 Å². The van der Waals surface area contributed by atoms with E-state index in [0.717, 1.165) is 35.8 Å². The number of ether oxygens (including phenoxy) is 2. The van der Waals surface area contributed by atoms with Crippen molar-refractivity contribution < 1.29 is 14.6 Å². The van der Waals surface area contributed by atoms with Crippen molar-refractivity contribution in [2.45, 2.75) is 32.4 Å². The van der Waals surface area contributed by atoms with Crippen molar-refractivity contribution in [1.82, 2.24) is 15.3 Å². The predicted molar refractivity (Wildman–Crippen MR) is 109 cm³/mol. The van der Waals surface area contributed by atoms with E-state index in [-0.39, 0.29) is 0 Å². The molecule has 0 spiro atoms. The van der Waals surface area contributed by atoms with Gasteiger partial charge in [-0.25, -0.2) is 9.97 Å². The van der Waals surface area contributed by atoms with Crippen molar-refractivity contribution in [3.05, 3.63) is 47.9 Å². The molecule has 1 fully saturated rings. The molecule has 1 saturated heterocycles. The van der Waals surface area contributed by atoms with Crippen LogP contribution >= 0.6 is 0 Å². The number of nitrogens with zero attached hydrogens (tertiary/aromatic N) is 3. The van der Waals surface area contributed by atoms with E-state index in [1.165, 1.54) is 0 Å². The highest BCUT2D eigenvalue weighted by Crippen LogP contribution is 2.25. The minimum Gasteiger partial charge on any atom is -0.491 e. The van der Waals surface area contributed by atoms with Crippen LogP contribution in [0.1, 0.15) is 24.6 Å². The normalized spacial score (nSPS) is 19.2. The first-order chi connectivity index (χ1) is 13.6. The van der Waals surface area contributed by atoms with Crippen LogP contribution in [0.15, 0.2) is 36.7 Å². The Bertz CT molecular complexity index is 741. The molecule has 1 aromatic carbocycles. The van der Waals surface area contributed by atoms with Gasteiger partial charge in [0.15, 0.2) is 0 Å². The summed E-state index contributed by atoms with van der Waals surface area (Å²) in [5.74, 6) is 1.72. The van der Waals surface area contributed by atoms with E-state index in [9.17, 15) is 5.11 Å². The number of aliphatic hydroxyl groups is 1. The number of aromatic nitrogens is 2. The minimum absolute atomic E-state index is 0.542. The predicted octanol–water partition coefficient (Wildman–Crippen LogP) is 1.93. The van der Waals surface area contributed by atoms with Crippen LogP contribution in [0.5, 0.6) is 5.75 Å². The summed E-state index contributed by atoms with van der Waals surface area (Å²) in [7, 11) is 0. The third kappa shape index (κ3) is 5.89. The zero-order chi connectivity index (χ0) is 19.8. The molecule has 2 N–H and O–H groups in total. The Hall–Kier alpha value is -2.22. The van der Waals surface area contributed by atoms with E-state index in [0.29, 0.717) is 39.5 Å². The maximum absolute atomic E-state index is 10.9. The second-order valence-corrected chi connectivity index (χ2v) is 7.21. The maximum Gasteiger partial charge on any atom is 0.132 e. The summed E-state index contributed by atoms with van der Waals surface area (Å²) in [6, 6.07) is 9.96. The van der Waals surface area contributed by atoms with Crippen molar-refractivity contribution in [3.8, 4) is 5.75 Å². The number of benzene rings is 1. The Morgan fingerprint density at radius 2 is 2.04 bits per heavy atom. The largest absolute Gasteiger partial charge is 0.491 e. The van der Waals surface area contributed by atoms with Gasteiger partial charge in [0.05, 0.1) is 12.2 Å². The molecule has 1 aromatic heterocycles. The number of aryl methyl sites for hydroxylation is 1. The molecule has 0 aliphatic carbocycles. The molecule has 28 heavy (non-hydrogen) atoms. The number of rotatable bonds is 10. The van der Waals surface area contributed by atoms with Gasteiger partial charge in [-0.15, -0.1) is 0 Å². The summed E-state index contributed by atoms with van der Waals surface area (Å²) in [5.41, 5.74) is 1.34. The number of hydrogen-bond acceptors (Lipinski definition) is 7. The molecule has 7 nitrogen and oxygen atoms in total. The lowest BCUT2D eigenvalue weighted by Crippen LogP contribution is -2.43. The van der Waals surface area contributed by atoms with Crippen molar-refractivity contribution in [1.29, 1.82) is 0 Å². The summed E-state index contributed by atoms with van der Waals surface area (Å²) in [4.78, 5) is 10.6. The number of β-amino-alcohol motifs (C(OH)–C–C–N with tert-alkyl or cyclic N) is 1. The van der Waals surface area contributed by atoms with Gasteiger partial charge in [-0.1, -0.05) is 12.1 Å². The molecule has 2 aromatic rings. The molecule has 0 unspecified atom stereocenters. The van der Waals surface area contributed by atoms with Crippen LogP contribution in [0.4, 0.5) is 5.82 Å². The summed E-state index contributed by atoms with van der Waals surface area (Å²) >= 11 is 0. The van der Waals surface area contributed by atoms with Crippen LogP contribution in [0.2, 0.25) is 0 Å². The average molecular weight is 386 g/mol. The fourth-order valence-electron chi connectivity index (χ4n) is 3.32. The standard InChI is InChI=1S/C21H30N4O3/c1-3-27-10-11-28-19-6-4-18(5-7-19)13-22-14-21(26)8-9-25(15-21)20-12-17(2)23-16-24-20/h4-7,12,16,22,26H,3,8-11,13-15H2,1-2H3/t21-/m0/s1. The second kappa shape index (κ2) is 9.82. The third-order valence-corrected chi connectivity index (χ3v) is 4.85. The third-order valence-electron chi connectivity index (χ3n) is 4.85. The highest BCUT2D eigenvalue weighted by molar-refractivity contribution is 5.41. The van der Waals surface area contributed by atoms with Crippen LogP contribution in [-0.4, -0.2) is 60.1 Å². The molecular weight excluding hydrogens is 356 g/mol. The molecule has 1 atom stereocenters. The van der Waals surface area contributed by atoms with E-state index < -0.39 is 5.60 Å². The monoisotopic (exact) mass is 386 g/mol. The van der Waals surface area contributed by atoms with Crippen molar-refractivity contribution in [2.75, 3.05) is 44.4 Å². The average Bonchev–Trinajstić information content (AvgIpc) is 3.09. The van der Waals surface area contributed by atoms with Gasteiger partial charge >= 0.3 is 0 Å². The summed E-state index contributed by atoms with van der Waals surface area (Å²) in [6.07, 6.45) is 2.29. The molecular formula is C21H30N4O3. The number of nitrogens with one attached hydrogen (secondary N) is 1. The first kappa shape index (κ1) is 20.5.